The molecule has 136 valence electrons. The van der Waals surface area contributed by atoms with E-state index in [0.717, 1.165) is 28.3 Å². The summed E-state index contributed by atoms with van der Waals surface area (Å²) in [6, 6.07) is 31.4. The monoisotopic (exact) mass is 365 g/mol. The quantitative estimate of drug-likeness (QED) is 0.549. The van der Waals surface area contributed by atoms with Crippen LogP contribution in [0, 0.1) is 0 Å². The molecule has 4 nitrogen and oxygen atoms in total. The summed E-state index contributed by atoms with van der Waals surface area (Å²) in [5.41, 5.74) is 3.43. The van der Waals surface area contributed by atoms with E-state index in [2.05, 4.69) is 21.3 Å². The van der Waals surface area contributed by atoms with Gasteiger partial charge in [-0.15, -0.1) is 0 Å². The van der Waals surface area contributed by atoms with Crippen LogP contribution in [0.3, 0.4) is 0 Å². The number of amides is 1. The van der Waals surface area contributed by atoms with Gasteiger partial charge in [0.25, 0.3) is 5.91 Å². The number of nitrogens with one attached hydrogen (secondary N) is 2. The molecule has 1 amide bonds. The molecule has 0 aliphatic carbocycles. The first-order valence-corrected chi connectivity index (χ1v) is 9.26. The molecule has 4 heteroatoms. The highest BCUT2D eigenvalue weighted by Gasteiger charge is 2.47. The van der Waals surface area contributed by atoms with Crippen LogP contribution in [-0.4, -0.2) is 10.5 Å². The lowest BCUT2D eigenvalue weighted by Crippen LogP contribution is -2.51. The van der Waals surface area contributed by atoms with Crippen molar-refractivity contribution in [2.24, 2.45) is 0 Å². The molecule has 28 heavy (non-hydrogen) atoms. The van der Waals surface area contributed by atoms with Crippen LogP contribution < -0.4 is 10.6 Å². The predicted molar refractivity (Wildman–Crippen MR) is 112 cm³/mol. The molecule has 4 aromatic rings. The Bertz CT molecular complexity index is 1130. The standard InChI is InChI=1S/C24H19N3O/c28-23(25-19-12-5-2-6-13-19)24(18-10-3-1-4-11-18)22-16-9-17-27(22)21-15-8-7-14-20(21)26-24/h1-17,26H,(H,25,28)/t24-/m1/s1. The van der Waals surface area contributed by atoms with Crippen LogP contribution in [0.2, 0.25) is 0 Å². The molecule has 0 spiro atoms. The number of carbonyl (C=O) groups excluding carboxylic acids is 1. The van der Waals surface area contributed by atoms with E-state index >= 15 is 0 Å². The lowest BCUT2D eigenvalue weighted by molar-refractivity contribution is -0.119. The number of para-hydroxylation sites is 3. The average molecular weight is 365 g/mol. The molecule has 1 aliphatic rings. The fraction of sp³-hybridized carbons (Fsp3) is 0.0417. The minimum absolute atomic E-state index is 0.126. The van der Waals surface area contributed by atoms with E-state index in [1.807, 2.05) is 97.2 Å². The van der Waals surface area contributed by atoms with Crippen LogP contribution in [-0.2, 0) is 10.3 Å². The summed E-state index contributed by atoms with van der Waals surface area (Å²) in [5.74, 6) is -0.126. The average Bonchev–Trinajstić information content (AvgIpc) is 3.25. The summed E-state index contributed by atoms with van der Waals surface area (Å²) in [5, 5.41) is 6.65. The molecule has 0 saturated carbocycles. The number of hydrogen-bond donors (Lipinski definition) is 2. The third-order valence-corrected chi connectivity index (χ3v) is 5.20. The van der Waals surface area contributed by atoms with Crippen LogP contribution >= 0.6 is 0 Å². The fourth-order valence-electron chi connectivity index (χ4n) is 3.91. The van der Waals surface area contributed by atoms with E-state index in [0.29, 0.717) is 0 Å². The highest BCUT2D eigenvalue weighted by Crippen LogP contribution is 2.42. The van der Waals surface area contributed by atoms with Gasteiger partial charge in [0.1, 0.15) is 0 Å². The molecule has 0 fully saturated rings. The highest BCUT2D eigenvalue weighted by molar-refractivity contribution is 6.04. The number of nitrogens with zero attached hydrogens (tertiary/aromatic N) is 1. The van der Waals surface area contributed by atoms with Gasteiger partial charge in [-0.2, -0.15) is 0 Å². The Kier molecular flexibility index (Phi) is 3.76. The Morgan fingerprint density at radius 3 is 2.25 bits per heavy atom. The van der Waals surface area contributed by atoms with Crippen molar-refractivity contribution in [3.63, 3.8) is 0 Å². The summed E-state index contributed by atoms with van der Waals surface area (Å²) < 4.78 is 2.09. The van der Waals surface area contributed by atoms with Crippen molar-refractivity contribution < 1.29 is 4.79 Å². The van der Waals surface area contributed by atoms with E-state index in [-0.39, 0.29) is 5.91 Å². The molecule has 5 rings (SSSR count). The topological polar surface area (TPSA) is 46.1 Å². The van der Waals surface area contributed by atoms with E-state index in [9.17, 15) is 4.79 Å². The van der Waals surface area contributed by atoms with E-state index < -0.39 is 5.54 Å². The first-order valence-electron chi connectivity index (χ1n) is 9.26. The smallest absolute Gasteiger partial charge is 0.261 e. The second-order valence-corrected chi connectivity index (χ2v) is 6.84. The van der Waals surface area contributed by atoms with Crippen LogP contribution in [0.4, 0.5) is 11.4 Å². The van der Waals surface area contributed by atoms with E-state index in [4.69, 9.17) is 0 Å². The lowest BCUT2D eigenvalue weighted by atomic mass is 9.83. The van der Waals surface area contributed by atoms with Gasteiger partial charge in [0.05, 0.1) is 17.1 Å². The molecule has 0 radical (unpaired) electrons. The molecule has 1 aromatic heterocycles. The lowest BCUT2D eigenvalue weighted by Gasteiger charge is -2.40. The maximum atomic E-state index is 13.8. The van der Waals surface area contributed by atoms with Crippen molar-refractivity contribution in [3.05, 3.63) is 115 Å². The zero-order valence-electron chi connectivity index (χ0n) is 15.2. The summed E-state index contributed by atoms with van der Waals surface area (Å²) >= 11 is 0. The normalized spacial score (nSPS) is 17.1. The van der Waals surface area contributed by atoms with Gasteiger partial charge in [0.15, 0.2) is 5.54 Å². The van der Waals surface area contributed by atoms with Crippen molar-refractivity contribution in [3.8, 4) is 5.69 Å². The first-order chi connectivity index (χ1) is 13.8. The van der Waals surface area contributed by atoms with Crippen molar-refractivity contribution in [2.75, 3.05) is 10.6 Å². The van der Waals surface area contributed by atoms with E-state index in [1.54, 1.807) is 0 Å². The summed E-state index contributed by atoms with van der Waals surface area (Å²) in [6.07, 6.45) is 2.00. The summed E-state index contributed by atoms with van der Waals surface area (Å²) in [6.45, 7) is 0. The second-order valence-electron chi connectivity index (χ2n) is 6.84. The number of carbonyl (C=O) groups is 1. The third kappa shape index (κ3) is 2.42. The number of hydrogen-bond acceptors (Lipinski definition) is 2. The Labute approximate surface area is 163 Å². The maximum absolute atomic E-state index is 13.8. The fourth-order valence-corrected chi connectivity index (χ4v) is 3.91. The molecule has 0 bridgehead atoms. The summed E-state index contributed by atoms with van der Waals surface area (Å²) in [7, 11) is 0. The van der Waals surface area contributed by atoms with Crippen molar-refractivity contribution in [1.29, 1.82) is 0 Å². The molecule has 2 heterocycles. The van der Waals surface area contributed by atoms with Crippen molar-refractivity contribution in [2.45, 2.75) is 5.54 Å². The number of fused-ring (bicyclic) bond motifs is 3. The zero-order valence-corrected chi connectivity index (χ0v) is 15.2. The molecule has 2 N–H and O–H groups in total. The Hall–Kier alpha value is -3.79. The maximum Gasteiger partial charge on any atom is 0.261 e. The molecule has 1 aliphatic heterocycles. The van der Waals surface area contributed by atoms with Crippen LogP contribution in [0.15, 0.2) is 103 Å². The number of anilines is 2. The molecular weight excluding hydrogens is 346 g/mol. The van der Waals surface area contributed by atoms with Gasteiger partial charge in [-0.25, -0.2) is 0 Å². The van der Waals surface area contributed by atoms with Gasteiger partial charge >= 0.3 is 0 Å². The van der Waals surface area contributed by atoms with Gasteiger partial charge in [-0.05, 0) is 42.0 Å². The van der Waals surface area contributed by atoms with Crippen molar-refractivity contribution >= 4 is 17.3 Å². The molecular formula is C24H19N3O. The van der Waals surface area contributed by atoms with Gasteiger partial charge in [-0.3, -0.25) is 4.79 Å². The van der Waals surface area contributed by atoms with Gasteiger partial charge in [0, 0.05) is 11.9 Å². The van der Waals surface area contributed by atoms with E-state index in [1.165, 1.54) is 0 Å². The Morgan fingerprint density at radius 1 is 0.786 bits per heavy atom. The second kappa shape index (κ2) is 6.43. The number of aromatic nitrogens is 1. The van der Waals surface area contributed by atoms with Crippen molar-refractivity contribution in [1.82, 2.24) is 4.57 Å². The minimum atomic E-state index is -1.05. The van der Waals surface area contributed by atoms with Gasteiger partial charge < -0.3 is 15.2 Å². The largest absolute Gasteiger partial charge is 0.361 e. The SMILES string of the molecule is O=C(Nc1ccccc1)[C@]1(c2ccccc2)Nc2ccccc2-n2cccc21. The molecule has 0 unspecified atom stereocenters. The van der Waals surface area contributed by atoms with Gasteiger partial charge in [0.2, 0.25) is 0 Å². The van der Waals surface area contributed by atoms with Crippen LogP contribution in [0.1, 0.15) is 11.3 Å². The molecule has 3 aromatic carbocycles. The first kappa shape index (κ1) is 16.4. The third-order valence-electron chi connectivity index (χ3n) is 5.20. The summed E-state index contributed by atoms with van der Waals surface area (Å²) in [4.78, 5) is 13.8. The predicted octanol–water partition coefficient (Wildman–Crippen LogP) is 4.79. The van der Waals surface area contributed by atoms with Gasteiger partial charge in [-0.1, -0.05) is 60.7 Å². The zero-order chi connectivity index (χ0) is 19.0. The number of benzene rings is 3. The van der Waals surface area contributed by atoms with Crippen LogP contribution in [0.5, 0.6) is 0 Å². The molecule has 1 atom stereocenters. The Balaban J connectivity index is 1.72. The van der Waals surface area contributed by atoms with Crippen LogP contribution in [0.25, 0.3) is 5.69 Å². The Morgan fingerprint density at radius 2 is 1.46 bits per heavy atom. The molecule has 0 saturated heterocycles. The highest BCUT2D eigenvalue weighted by atomic mass is 16.2. The number of rotatable bonds is 3. The minimum Gasteiger partial charge on any atom is -0.361 e.